The third-order valence-electron chi connectivity index (χ3n) is 4.43. The molecule has 2 fully saturated rings. The van der Waals surface area contributed by atoms with Gasteiger partial charge in [0.2, 0.25) is 0 Å². The average Bonchev–Trinajstić information content (AvgIpc) is 2.44. The highest BCUT2D eigenvalue weighted by Gasteiger charge is 2.27. The third-order valence-corrected chi connectivity index (χ3v) is 4.43. The lowest BCUT2D eigenvalue weighted by Crippen LogP contribution is -2.52. The standard InChI is InChI=1S/C15H24N4O/c20-15-5-4-6-16-19(15)13-14-11-18(12-14)10-9-17-7-2-1-3-8-17/h4-6,14H,1-3,7-13H2. The fourth-order valence-electron chi connectivity index (χ4n) is 3.21. The van der Waals surface area contributed by atoms with Crippen LogP contribution in [0.3, 0.4) is 0 Å². The van der Waals surface area contributed by atoms with E-state index in [1.807, 2.05) is 0 Å². The first-order valence-corrected chi connectivity index (χ1v) is 7.78. The van der Waals surface area contributed by atoms with Gasteiger partial charge >= 0.3 is 0 Å². The SMILES string of the molecule is O=c1cccnn1CC1CN(CCN2CCCCC2)C1. The van der Waals surface area contributed by atoms with Crippen molar-refractivity contribution in [2.45, 2.75) is 25.8 Å². The Kier molecular flexibility index (Phi) is 4.47. The van der Waals surface area contributed by atoms with Crippen LogP contribution in [-0.2, 0) is 6.54 Å². The second-order valence-electron chi connectivity index (χ2n) is 6.07. The van der Waals surface area contributed by atoms with E-state index in [0.717, 1.165) is 19.6 Å². The van der Waals surface area contributed by atoms with E-state index in [0.29, 0.717) is 5.92 Å². The van der Waals surface area contributed by atoms with Crippen LogP contribution in [0.2, 0.25) is 0 Å². The number of aromatic nitrogens is 2. The largest absolute Gasteiger partial charge is 0.302 e. The Morgan fingerprint density at radius 3 is 2.60 bits per heavy atom. The zero-order valence-electron chi connectivity index (χ0n) is 12.1. The molecule has 5 heteroatoms. The van der Waals surface area contributed by atoms with E-state index in [1.54, 1.807) is 23.0 Å². The zero-order chi connectivity index (χ0) is 13.8. The summed E-state index contributed by atoms with van der Waals surface area (Å²) in [7, 11) is 0. The summed E-state index contributed by atoms with van der Waals surface area (Å²) in [5.41, 5.74) is 0.0132. The molecule has 1 aromatic heterocycles. The zero-order valence-corrected chi connectivity index (χ0v) is 12.1. The lowest BCUT2D eigenvalue weighted by Gasteiger charge is -2.40. The minimum Gasteiger partial charge on any atom is -0.302 e. The van der Waals surface area contributed by atoms with Gasteiger partial charge in [-0.1, -0.05) is 6.42 Å². The maximum Gasteiger partial charge on any atom is 0.266 e. The van der Waals surface area contributed by atoms with Gasteiger partial charge in [-0.15, -0.1) is 0 Å². The topological polar surface area (TPSA) is 41.4 Å². The van der Waals surface area contributed by atoms with Crippen molar-refractivity contribution in [2.24, 2.45) is 5.92 Å². The molecule has 2 aliphatic heterocycles. The molecule has 2 saturated heterocycles. The van der Waals surface area contributed by atoms with Gasteiger partial charge in [0, 0.05) is 44.4 Å². The summed E-state index contributed by atoms with van der Waals surface area (Å²) in [5.74, 6) is 0.587. The van der Waals surface area contributed by atoms with Gasteiger partial charge in [0.15, 0.2) is 0 Å². The Morgan fingerprint density at radius 1 is 1.10 bits per heavy atom. The number of hydrogen-bond donors (Lipinski definition) is 0. The summed E-state index contributed by atoms with van der Waals surface area (Å²) in [6, 6.07) is 3.28. The molecule has 1 aromatic rings. The molecule has 0 aliphatic carbocycles. The molecule has 3 rings (SSSR count). The summed E-state index contributed by atoms with van der Waals surface area (Å²) in [6.45, 7) is 7.92. The Morgan fingerprint density at radius 2 is 1.85 bits per heavy atom. The van der Waals surface area contributed by atoms with Gasteiger partial charge in [0.05, 0.1) is 6.54 Å². The van der Waals surface area contributed by atoms with E-state index in [4.69, 9.17) is 0 Å². The number of nitrogens with zero attached hydrogens (tertiary/aromatic N) is 4. The Labute approximate surface area is 120 Å². The van der Waals surface area contributed by atoms with E-state index in [9.17, 15) is 4.79 Å². The molecule has 0 bridgehead atoms. The van der Waals surface area contributed by atoms with Crippen molar-refractivity contribution in [2.75, 3.05) is 39.3 Å². The van der Waals surface area contributed by atoms with E-state index < -0.39 is 0 Å². The second-order valence-corrected chi connectivity index (χ2v) is 6.07. The molecule has 0 aromatic carbocycles. The van der Waals surface area contributed by atoms with Gasteiger partial charge in [-0.05, 0) is 32.0 Å². The van der Waals surface area contributed by atoms with Gasteiger partial charge in [-0.3, -0.25) is 4.79 Å². The van der Waals surface area contributed by atoms with Gasteiger partial charge in [-0.25, -0.2) is 4.68 Å². The van der Waals surface area contributed by atoms with Crippen LogP contribution in [0, 0.1) is 5.92 Å². The van der Waals surface area contributed by atoms with Crippen LogP contribution in [0.5, 0.6) is 0 Å². The smallest absolute Gasteiger partial charge is 0.266 e. The molecule has 0 amide bonds. The highest BCUT2D eigenvalue weighted by Crippen LogP contribution is 2.17. The first-order chi connectivity index (χ1) is 9.81. The molecule has 3 heterocycles. The van der Waals surface area contributed by atoms with Crippen LogP contribution in [0.15, 0.2) is 23.1 Å². The summed E-state index contributed by atoms with van der Waals surface area (Å²) in [5, 5.41) is 4.12. The maximum absolute atomic E-state index is 11.6. The molecule has 5 nitrogen and oxygen atoms in total. The lowest BCUT2D eigenvalue weighted by atomic mass is 10.0. The highest BCUT2D eigenvalue weighted by molar-refractivity contribution is 4.87. The molecule has 0 saturated carbocycles. The van der Waals surface area contributed by atoms with Crippen molar-refractivity contribution in [1.29, 1.82) is 0 Å². The van der Waals surface area contributed by atoms with Crippen molar-refractivity contribution in [1.82, 2.24) is 19.6 Å². The predicted octanol–water partition coefficient (Wildman–Crippen LogP) is 0.661. The van der Waals surface area contributed by atoms with E-state index in [-0.39, 0.29) is 5.56 Å². The van der Waals surface area contributed by atoms with Gasteiger partial charge in [0.25, 0.3) is 5.56 Å². The summed E-state index contributed by atoms with van der Waals surface area (Å²) in [4.78, 5) is 16.7. The van der Waals surface area contributed by atoms with Crippen molar-refractivity contribution < 1.29 is 0 Å². The first-order valence-electron chi connectivity index (χ1n) is 7.78. The van der Waals surface area contributed by atoms with Crippen LogP contribution in [0.25, 0.3) is 0 Å². The molecular weight excluding hydrogens is 252 g/mol. The van der Waals surface area contributed by atoms with Crippen molar-refractivity contribution in [3.05, 3.63) is 28.7 Å². The fraction of sp³-hybridized carbons (Fsp3) is 0.733. The van der Waals surface area contributed by atoms with Crippen molar-refractivity contribution >= 4 is 0 Å². The van der Waals surface area contributed by atoms with Crippen LogP contribution in [-0.4, -0.2) is 58.8 Å². The lowest BCUT2D eigenvalue weighted by molar-refractivity contribution is 0.0685. The minimum absolute atomic E-state index is 0.0132. The average molecular weight is 276 g/mol. The van der Waals surface area contributed by atoms with Crippen LogP contribution < -0.4 is 5.56 Å². The van der Waals surface area contributed by atoms with Crippen molar-refractivity contribution in [3.8, 4) is 0 Å². The molecule has 0 spiro atoms. The monoisotopic (exact) mass is 276 g/mol. The third kappa shape index (κ3) is 3.46. The van der Waals surface area contributed by atoms with E-state index in [1.165, 1.54) is 45.4 Å². The number of hydrogen-bond acceptors (Lipinski definition) is 4. The maximum atomic E-state index is 11.6. The molecule has 110 valence electrons. The number of likely N-dealkylation sites (tertiary alicyclic amines) is 2. The summed E-state index contributed by atoms with van der Waals surface area (Å²) >= 11 is 0. The van der Waals surface area contributed by atoms with E-state index >= 15 is 0 Å². The van der Waals surface area contributed by atoms with Crippen LogP contribution in [0.1, 0.15) is 19.3 Å². The Hall–Kier alpha value is -1.20. The van der Waals surface area contributed by atoms with E-state index in [2.05, 4.69) is 14.9 Å². The highest BCUT2D eigenvalue weighted by atomic mass is 16.1. The molecule has 0 N–H and O–H groups in total. The van der Waals surface area contributed by atoms with Gasteiger partial charge in [-0.2, -0.15) is 5.10 Å². The fourth-order valence-corrected chi connectivity index (χ4v) is 3.21. The summed E-state index contributed by atoms with van der Waals surface area (Å²) < 4.78 is 1.59. The van der Waals surface area contributed by atoms with Crippen LogP contribution >= 0.6 is 0 Å². The molecule has 0 atom stereocenters. The normalized spacial score (nSPS) is 21.8. The molecule has 0 radical (unpaired) electrons. The number of piperidine rings is 1. The van der Waals surface area contributed by atoms with Crippen LogP contribution in [0.4, 0.5) is 0 Å². The Balaban J connectivity index is 1.36. The second kappa shape index (κ2) is 6.50. The quantitative estimate of drug-likeness (QED) is 0.792. The molecular formula is C15H24N4O. The Bertz CT molecular complexity index is 475. The molecule has 20 heavy (non-hydrogen) atoms. The first kappa shape index (κ1) is 13.8. The minimum atomic E-state index is 0.0132. The number of rotatable bonds is 5. The molecule has 0 unspecified atom stereocenters. The van der Waals surface area contributed by atoms with Gasteiger partial charge < -0.3 is 9.80 Å². The predicted molar refractivity (Wildman–Crippen MR) is 78.7 cm³/mol. The summed E-state index contributed by atoms with van der Waals surface area (Å²) in [6.07, 6.45) is 5.83. The van der Waals surface area contributed by atoms with Gasteiger partial charge in [0.1, 0.15) is 0 Å². The molecule has 2 aliphatic rings. The van der Waals surface area contributed by atoms with Crippen molar-refractivity contribution in [3.63, 3.8) is 0 Å².